The number of ether oxygens (including phenoxy) is 7. The van der Waals surface area contributed by atoms with Gasteiger partial charge in [0.25, 0.3) is 0 Å². The Balaban J connectivity index is 1.28. The summed E-state index contributed by atoms with van der Waals surface area (Å²) in [5, 5.41) is 0. The van der Waals surface area contributed by atoms with Crippen LogP contribution in [0.5, 0.6) is 0 Å². The minimum absolute atomic E-state index is 0.0273. The van der Waals surface area contributed by atoms with E-state index >= 15 is 0 Å². The van der Waals surface area contributed by atoms with E-state index < -0.39 is 30.2 Å². The SMILES string of the molecule is CC[C@H]1OC(C)(C)O[C@H]1[C@@H](C)/C=C/C[C@H]1OC(COCc2ccccc2)[C@H](OCc2ccccc2)[C@@H](OCc2ccccc2)C1OCc1ccccc1. The normalized spacial score (nSPS) is 26.2. The molecule has 0 aliphatic carbocycles. The summed E-state index contributed by atoms with van der Waals surface area (Å²) in [4.78, 5) is 0. The Morgan fingerprint density at radius 3 is 1.53 bits per heavy atom. The zero-order chi connectivity index (χ0) is 36.9. The maximum absolute atomic E-state index is 7.03. The maximum atomic E-state index is 7.03. The Morgan fingerprint density at radius 2 is 1.04 bits per heavy atom. The second-order valence-electron chi connectivity index (χ2n) is 14.6. The van der Waals surface area contributed by atoms with Crippen LogP contribution in [0.15, 0.2) is 133 Å². The summed E-state index contributed by atoms with van der Waals surface area (Å²) >= 11 is 0. The zero-order valence-corrected chi connectivity index (χ0v) is 31.6. The Kier molecular flexibility index (Phi) is 14.4. The molecule has 282 valence electrons. The molecule has 7 heteroatoms. The lowest BCUT2D eigenvalue weighted by Crippen LogP contribution is -2.61. The van der Waals surface area contributed by atoms with Crippen molar-refractivity contribution in [2.24, 2.45) is 5.92 Å². The van der Waals surface area contributed by atoms with E-state index in [0.717, 1.165) is 28.7 Å². The van der Waals surface area contributed by atoms with Gasteiger partial charge < -0.3 is 33.2 Å². The van der Waals surface area contributed by atoms with E-state index in [2.05, 4.69) is 74.5 Å². The number of hydrogen-bond acceptors (Lipinski definition) is 7. The summed E-state index contributed by atoms with van der Waals surface area (Å²) in [6, 6.07) is 40.9. The van der Waals surface area contributed by atoms with Gasteiger partial charge in [-0.05, 0) is 48.9 Å². The first-order valence-electron chi connectivity index (χ1n) is 19.1. The van der Waals surface area contributed by atoms with Gasteiger partial charge in [0.2, 0.25) is 0 Å². The predicted octanol–water partition coefficient (Wildman–Crippen LogP) is 9.24. The summed E-state index contributed by atoms with van der Waals surface area (Å²) in [5.74, 6) is -0.451. The van der Waals surface area contributed by atoms with Crippen LogP contribution >= 0.6 is 0 Å². The molecule has 2 aliphatic rings. The highest BCUT2D eigenvalue weighted by Gasteiger charge is 2.48. The molecular weight excluding hydrogens is 664 g/mol. The molecule has 0 radical (unpaired) electrons. The van der Waals surface area contributed by atoms with Gasteiger partial charge in [-0.3, -0.25) is 0 Å². The molecule has 6 rings (SSSR count). The molecule has 0 bridgehead atoms. The van der Waals surface area contributed by atoms with E-state index in [0.29, 0.717) is 39.5 Å². The largest absolute Gasteiger partial charge is 0.374 e. The van der Waals surface area contributed by atoms with Gasteiger partial charge in [-0.25, -0.2) is 0 Å². The molecule has 0 spiro atoms. The maximum Gasteiger partial charge on any atom is 0.163 e. The highest BCUT2D eigenvalue weighted by atomic mass is 16.8. The van der Waals surface area contributed by atoms with Gasteiger partial charge in [-0.1, -0.05) is 147 Å². The fraction of sp³-hybridized carbons (Fsp3) is 0.435. The van der Waals surface area contributed by atoms with E-state index in [1.165, 1.54) is 0 Å². The molecule has 7 nitrogen and oxygen atoms in total. The van der Waals surface area contributed by atoms with Crippen LogP contribution in [0.2, 0.25) is 0 Å². The highest BCUT2D eigenvalue weighted by molar-refractivity contribution is 5.17. The smallest absolute Gasteiger partial charge is 0.163 e. The topological polar surface area (TPSA) is 64.6 Å². The fourth-order valence-electron chi connectivity index (χ4n) is 7.24. The van der Waals surface area contributed by atoms with E-state index in [-0.39, 0.29) is 24.2 Å². The molecule has 2 heterocycles. The standard InChI is InChI=1S/C46H56O7/c1-5-39-42(53-46(3,4)52-39)34(2)19-18-28-40-43(48-30-36-22-12-7-13-23-36)45(50-32-38-26-16-9-17-27-38)44(49-31-37-24-14-8-15-25-37)41(51-40)33-47-29-35-20-10-6-11-21-35/h6-27,34,39-45H,5,28-33H2,1-4H3/b19-18+/t34-,39+,40+,41?,42-,43?,44-,45-/m0/s1. The van der Waals surface area contributed by atoms with Crippen LogP contribution in [0.25, 0.3) is 0 Å². The summed E-state index contributed by atoms with van der Waals surface area (Å²) in [6.45, 7) is 10.4. The first kappa shape index (κ1) is 39.0. The quantitative estimate of drug-likeness (QED) is 0.0950. The van der Waals surface area contributed by atoms with Crippen molar-refractivity contribution in [3.63, 3.8) is 0 Å². The monoisotopic (exact) mass is 720 g/mol. The third-order valence-electron chi connectivity index (χ3n) is 9.93. The van der Waals surface area contributed by atoms with Gasteiger partial charge in [-0.15, -0.1) is 0 Å². The summed E-state index contributed by atoms with van der Waals surface area (Å²) < 4.78 is 46.5. The van der Waals surface area contributed by atoms with Gasteiger partial charge in [0.1, 0.15) is 24.4 Å². The predicted molar refractivity (Wildman–Crippen MR) is 207 cm³/mol. The molecule has 2 fully saturated rings. The summed E-state index contributed by atoms with van der Waals surface area (Å²) in [7, 11) is 0. The molecule has 2 aliphatic heterocycles. The van der Waals surface area contributed by atoms with Crippen molar-refractivity contribution in [2.75, 3.05) is 6.61 Å². The lowest BCUT2D eigenvalue weighted by molar-refractivity contribution is -0.271. The molecule has 8 atom stereocenters. The first-order chi connectivity index (χ1) is 25.9. The fourth-order valence-corrected chi connectivity index (χ4v) is 7.24. The molecule has 0 amide bonds. The van der Waals surface area contributed by atoms with Gasteiger partial charge in [-0.2, -0.15) is 0 Å². The summed E-state index contributed by atoms with van der Waals surface area (Å²) in [5.41, 5.74) is 4.34. The van der Waals surface area contributed by atoms with Crippen LogP contribution in [0.3, 0.4) is 0 Å². The second kappa shape index (κ2) is 19.6. The van der Waals surface area contributed by atoms with Crippen LogP contribution in [0.4, 0.5) is 0 Å². The van der Waals surface area contributed by atoms with Crippen LogP contribution in [0, 0.1) is 5.92 Å². The Hall–Kier alpha value is -3.66. The van der Waals surface area contributed by atoms with E-state index in [1.807, 2.05) is 86.6 Å². The van der Waals surface area contributed by atoms with Crippen molar-refractivity contribution >= 4 is 0 Å². The Morgan fingerprint density at radius 1 is 0.585 bits per heavy atom. The van der Waals surface area contributed by atoms with Crippen molar-refractivity contribution in [3.8, 4) is 0 Å². The van der Waals surface area contributed by atoms with E-state index in [9.17, 15) is 0 Å². The molecule has 4 aromatic rings. The molecule has 0 aromatic heterocycles. The minimum atomic E-state index is -0.596. The van der Waals surface area contributed by atoms with Gasteiger partial charge in [0.15, 0.2) is 5.79 Å². The number of rotatable bonds is 18. The van der Waals surface area contributed by atoms with Gasteiger partial charge in [0, 0.05) is 5.92 Å². The first-order valence-corrected chi connectivity index (χ1v) is 19.1. The average Bonchev–Trinajstić information content (AvgIpc) is 3.52. The van der Waals surface area contributed by atoms with Crippen molar-refractivity contribution in [1.82, 2.24) is 0 Å². The van der Waals surface area contributed by atoms with Gasteiger partial charge >= 0.3 is 0 Å². The lowest BCUT2D eigenvalue weighted by atomic mass is 9.91. The Bertz CT molecular complexity index is 1630. The van der Waals surface area contributed by atoms with Crippen molar-refractivity contribution < 1.29 is 33.2 Å². The third-order valence-corrected chi connectivity index (χ3v) is 9.93. The van der Waals surface area contributed by atoms with E-state index in [4.69, 9.17) is 33.2 Å². The van der Waals surface area contributed by atoms with E-state index in [1.54, 1.807) is 0 Å². The Labute approximate surface area is 316 Å². The van der Waals surface area contributed by atoms with Crippen LogP contribution in [-0.2, 0) is 59.6 Å². The number of hydrogen-bond donors (Lipinski definition) is 0. The lowest BCUT2D eigenvalue weighted by Gasteiger charge is -2.46. The van der Waals surface area contributed by atoms with Crippen molar-refractivity contribution in [1.29, 1.82) is 0 Å². The van der Waals surface area contributed by atoms with Crippen LogP contribution in [-0.4, -0.2) is 55.1 Å². The van der Waals surface area contributed by atoms with Crippen molar-refractivity contribution in [3.05, 3.63) is 156 Å². The number of benzene rings is 4. The van der Waals surface area contributed by atoms with Crippen molar-refractivity contribution in [2.45, 2.75) is 115 Å². The molecule has 0 N–H and O–H groups in total. The molecule has 4 aromatic carbocycles. The zero-order valence-electron chi connectivity index (χ0n) is 31.6. The van der Waals surface area contributed by atoms with Gasteiger partial charge in [0.05, 0.1) is 51.3 Å². The molecule has 0 saturated carbocycles. The van der Waals surface area contributed by atoms with Crippen LogP contribution < -0.4 is 0 Å². The average molecular weight is 721 g/mol. The minimum Gasteiger partial charge on any atom is -0.374 e. The highest BCUT2D eigenvalue weighted by Crippen LogP contribution is 2.35. The molecule has 2 saturated heterocycles. The van der Waals surface area contributed by atoms with Crippen LogP contribution in [0.1, 0.15) is 62.8 Å². The third kappa shape index (κ3) is 11.4. The molecular formula is C46H56O7. The summed E-state index contributed by atoms with van der Waals surface area (Å²) in [6.07, 6.45) is 3.87. The molecule has 53 heavy (non-hydrogen) atoms. The molecule has 2 unspecified atom stereocenters. The second-order valence-corrected chi connectivity index (χ2v) is 14.6.